The van der Waals surface area contributed by atoms with Crippen LogP contribution in [0.4, 0.5) is 11.4 Å². The van der Waals surface area contributed by atoms with Gasteiger partial charge in [-0.15, -0.1) is 0 Å². The summed E-state index contributed by atoms with van der Waals surface area (Å²) in [5.41, 5.74) is 0.884. The zero-order valence-corrected chi connectivity index (χ0v) is 16.3. The van der Waals surface area contributed by atoms with Crippen LogP contribution in [0.5, 0.6) is 11.5 Å². The monoisotopic (exact) mass is 419 g/mol. The fourth-order valence-electron chi connectivity index (χ4n) is 2.75. The molecular formula is C22H17N3O6. The highest BCUT2D eigenvalue weighted by Crippen LogP contribution is 2.25. The molecule has 3 aromatic carbocycles. The van der Waals surface area contributed by atoms with Crippen molar-refractivity contribution in [3.63, 3.8) is 0 Å². The summed E-state index contributed by atoms with van der Waals surface area (Å²) >= 11 is 0. The van der Waals surface area contributed by atoms with Crippen molar-refractivity contribution in [2.75, 3.05) is 12.4 Å². The molecule has 0 aromatic heterocycles. The first-order valence-corrected chi connectivity index (χ1v) is 9.06. The summed E-state index contributed by atoms with van der Waals surface area (Å²) in [7, 11) is 1.47. The molecule has 0 aliphatic rings. The highest BCUT2D eigenvalue weighted by Gasteiger charge is 2.13. The smallest absolute Gasteiger partial charge is 0.270 e. The summed E-state index contributed by atoms with van der Waals surface area (Å²) in [6.07, 6.45) is 0.573. The van der Waals surface area contributed by atoms with Gasteiger partial charge in [-0.2, -0.15) is 0 Å². The first-order valence-electron chi connectivity index (χ1n) is 9.06. The number of benzene rings is 3. The Balaban J connectivity index is 1.70. The SMILES string of the molecule is CNC(=O)c1ccc(Oc2ccc(NC(=O)c3cccc([N+](=O)[O-])c3)cc2)cc1C=O. The summed E-state index contributed by atoms with van der Waals surface area (Å²) < 4.78 is 5.70. The molecule has 0 unspecified atom stereocenters. The molecule has 0 spiro atoms. The number of carbonyl (C=O) groups is 3. The van der Waals surface area contributed by atoms with Crippen molar-refractivity contribution in [3.8, 4) is 11.5 Å². The van der Waals surface area contributed by atoms with Gasteiger partial charge in [0.2, 0.25) is 0 Å². The van der Waals surface area contributed by atoms with Gasteiger partial charge in [0.15, 0.2) is 6.29 Å². The van der Waals surface area contributed by atoms with E-state index in [9.17, 15) is 24.5 Å². The summed E-state index contributed by atoms with van der Waals surface area (Å²) in [5.74, 6) is -0.0590. The highest BCUT2D eigenvalue weighted by molar-refractivity contribution is 6.04. The highest BCUT2D eigenvalue weighted by atomic mass is 16.6. The van der Waals surface area contributed by atoms with E-state index in [-0.39, 0.29) is 28.3 Å². The van der Waals surface area contributed by atoms with Crippen LogP contribution in [0, 0.1) is 10.1 Å². The number of carbonyl (C=O) groups excluding carboxylic acids is 3. The molecular weight excluding hydrogens is 402 g/mol. The van der Waals surface area contributed by atoms with E-state index < -0.39 is 10.8 Å². The van der Waals surface area contributed by atoms with Crippen LogP contribution in [0.2, 0.25) is 0 Å². The second-order valence-electron chi connectivity index (χ2n) is 6.33. The van der Waals surface area contributed by atoms with Crippen LogP contribution in [0.1, 0.15) is 31.1 Å². The van der Waals surface area contributed by atoms with Crippen molar-refractivity contribution in [1.82, 2.24) is 5.32 Å². The molecule has 9 nitrogen and oxygen atoms in total. The number of rotatable bonds is 7. The van der Waals surface area contributed by atoms with Crippen LogP contribution < -0.4 is 15.4 Å². The van der Waals surface area contributed by atoms with Gasteiger partial charge in [-0.25, -0.2) is 0 Å². The van der Waals surface area contributed by atoms with Crippen LogP contribution in [0.15, 0.2) is 66.7 Å². The number of non-ortho nitro benzene ring substituents is 1. The Kier molecular flexibility index (Phi) is 6.36. The third-order valence-corrected chi connectivity index (χ3v) is 4.29. The van der Waals surface area contributed by atoms with Crippen LogP contribution in [0.25, 0.3) is 0 Å². The van der Waals surface area contributed by atoms with E-state index in [4.69, 9.17) is 4.74 Å². The molecule has 0 aliphatic heterocycles. The lowest BCUT2D eigenvalue weighted by Crippen LogP contribution is -2.19. The van der Waals surface area contributed by atoms with E-state index in [2.05, 4.69) is 10.6 Å². The second-order valence-corrected chi connectivity index (χ2v) is 6.33. The average molecular weight is 419 g/mol. The topological polar surface area (TPSA) is 128 Å². The van der Waals surface area contributed by atoms with Crippen molar-refractivity contribution >= 4 is 29.5 Å². The predicted molar refractivity (Wildman–Crippen MR) is 113 cm³/mol. The minimum Gasteiger partial charge on any atom is -0.457 e. The summed E-state index contributed by atoms with van der Waals surface area (Å²) in [6.45, 7) is 0. The van der Waals surface area contributed by atoms with E-state index >= 15 is 0 Å². The number of hydrogen-bond acceptors (Lipinski definition) is 6. The lowest BCUT2D eigenvalue weighted by Gasteiger charge is -2.10. The first-order chi connectivity index (χ1) is 14.9. The number of ether oxygens (including phenoxy) is 1. The van der Waals surface area contributed by atoms with Crippen molar-refractivity contribution in [3.05, 3.63) is 93.5 Å². The summed E-state index contributed by atoms with van der Waals surface area (Å²) in [5, 5.41) is 16.0. The molecule has 156 valence electrons. The van der Waals surface area contributed by atoms with Crippen LogP contribution in [0.3, 0.4) is 0 Å². The van der Waals surface area contributed by atoms with Gasteiger partial charge in [0.05, 0.1) is 10.5 Å². The maximum absolute atomic E-state index is 12.3. The van der Waals surface area contributed by atoms with Gasteiger partial charge < -0.3 is 15.4 Å². The third kappa shape index (κ3) is 5.10. The fourth-order valence-corrected chi connectivity index (χ4v) is 2.75. The van der Waals surface area contributed by atoms with Gasteiger partial charge >= 0.3 is 0 Å². The van der Waals surface area contributed by atoms with E-state index in [0.717, 1.165) is 0 Å². The number of amides is 2. The lowest BCUT2D eigenvalue weighted by molar-refractivity contribution is -0.384. The number of aldehydes is 1. The molecule has 9 heteroatoms. The Morgan fingerprint density at radius 2 is 1.68 bits per heavy atom. The van der Waals surface area contributed by atoms with Crippen LogP contribution in [-0.2, 0) is 0 Å². The van der Waals surface area contributed by atoms with Gasteiger partial charge in [-0.1, -0.05) is 6.07 Å². The van der Waals surface area contributed by atoms with Gasteiger partial charge in [-0.3, -0.25) is 24.5 Å². The minimum absolute atomic E-state index is 0.159. The van der Waals surface area contributed by atoms with E-state index in [0.29, 0.717) is 23.5 Å². The van der Waals surface area contributed by atoms with E-state index in [1.165, 1.54) is 43.4 Å². The van der Waals surface area contributed by atoms with Crippen LogP contribution in [-0.4, -0.2) is 30.1 Å². The predicted octanol–water partition coefficient (Wildman–Crippen LogP) is 3.81. The number of nitro groups is 1. The van der Waals surface area contributed by atoms with Gasteiger partial charge in [0.1, 0.15) is 11.5 Å². The zero-order chi connectivity index (χ0) is 22.4. The molecule has 0 bridgehead atoms. The molecule has 0 heterocycles. The molecule has 31 heavy (non-hydrogen) atoms. The van der Waals surface area contributed by atoms with Crippen molar-refractivity contribution in [2.45, 2.75) is 0 Å². The number of nitrogens with zero attached hydrogens (tertiary/aromatic N) is 1. The van der Waals surface area contributed by atoms with Gasteiger partial charge in [0, 0.05) is 36.0 Å². The van der Waals surface area contributed by atoms with Crippen molar-refractivity contribution in [2.24, 2.45) is 0 Å². The molecule has 0 atom stereocenters. The Hall–Kier alpha value is -4.53. The van der Waals surface area contributed by atoms with E-state index in [1.54, 1.807) is 30.3 Å². The molecule has 0 saturated heterocycles. The minimum atomic E-state index is -0.569. The molecule has 0 radical (unpaired) electrons. The Morgan fingerprint density at radius 3 is 2.32 bits per heavy atom. The molecule has 0 fully saturated rings. The molecule has 3 rings (SSSR count). The largest absolute Gasteiger partial charge is 0.457 e. The Labute approximate surface area is 176 Å². The molecule has 3 aromatic rings. The maximum Gasteiger partial charge on any atom is 0.270 e. The maximum atomic E-state index is 12.3. The number of nitrogens with one attached hydrogen (secondary N) is 2. The van der Waals surface area contributed by atoms with Crippen LogP contribution >= 0.6 is 0 Å². The van der Waals surface area contributed by atoms with Gasteiger partial charge in [0.25, 0.3) is 17.5 Å². The molecule has 2 amide bonds. The fraction of sp³-hybridized carbons (Fsp3) is 0.0455. The second kappa shape index (κ2) is 9.31. The summed E-state index contributed by atoms with van der Waals surface area (Å²) in [6, 6.07) is 16.3. The molecule has 0 aliphatic carbocycles. The average Bonchev–Trinajstić information content (AvgIpc) is 2.79. The van der Waals surface area contributed by atoms with E-state index in [1.807, 2.05) is 0 Å². The van der Waals surface area contributed by atoms with Gasteiger partial charge in [-0.05, 0) is 48.5 Å². The number of anilines is 1. The quantitative estimate of drug-likeness (QED) is 0.340. The third-order valence-electron chi connectivity index (χ3n) is 4.29. The normalized spacial score (nSPS) is 10.1. The molecule has 2 N–H and O–H groups in total. The van der Waals surface area contributed by atoms with Crippen molar-refractivity contribution < 1.29 is 24.0 Å². The first kappa shape index (κ1) is 21.2. The molecule has 0 saturated carbocycles. The lowest BCUT2D eigenvalue weighted by atomic mass is 10.1. The zero-order valence-electron chi connectivity index (χ0n) is 16.3. The summed E-state index contributed by atoms with van der Waals surface area (Å²) in [4.78, 5) is 45.6. The Morgan fingerprint density at radius 1 is 0.968 bits per heavy atom. The number of hydrogen-bond donors (Lipinski definition) is 2. The van der Waals surface area contributed by atoms with Crippen molar-refractivity contribution in [1.29, 1.82) is 0 Å². The number of nitro benzene ring substituents is 1. The standard InChI is InChI=1S/C22H17N3O6/c1-23-22(28)20-10-9-19(12-15(20)13-26)31-18-7-5-16(6-8-18)24-21(27)14-3-2-4-17(11-14)25(29)30/h2-13H,1H3,(H,23,28)(H,24,27). The Bertz CT molecular complexity index is 1160.